The van der Waals surface area contributed by atoms with E-state index in [0.29, 0.717) is 5.02 Å². The highest BCUT2D eigenvalue weighted by Crippen LogP contribution is 2.31. The van der Waals surface area contributed by atoms with Gasteiger partial charge in [0.2, 0.25) is 0 Å². The van der Waals surface area contributed by atoms with Gasteiger partial charge in [0.15, 0.2) is 0 Å². The van der Waals surface area contributed by atoms with Gasteiger partial charge in [0.25, 0.3) is 0 Å². The van der Waals surface area contributed by atoms with Gasteiger partial charge < -0.3 is 9.47 Å². The van der Waals surface area contributed by atoms with Crippen LogP contribution in [0.15, 0.2) is 12.1 Å². The normalized spacial score (nSPS) is 17.1. The zero-order valence-corrected chi connectivity index (χ0v) is 11.1. The predicted molar refractivity (Wildman–Crippen MR) is 68.8 cm³/mol. The Hall–Kier alpha value is -0.770. The minimum atomic E-state index is 0.691. The number of hydrogen-bond donors (Lipinski definition) is 0. The molecule has 0 aromatic heterocycles. The molecule has 1 aromatic carbocycles. The molecule has 2 rings (SSSR count). The van der Waals surface area contributed by atoms with E-state index in [1.54, 1.807) is 7.11 Å². The van der Waals surface area contributed by atoms with Crippen LogP contribution in [-0.4, -0.2) is 38.3 Å². The molecule has 0 aliphatic carbocycles. The Morgan fingerprint density at radius 3 is 2.71 bits per heavy atom. The maximum absolute atomic E-state index is 6.18. The lowest BCUT2D eigenvalue weighted by atomic mass is 10.1. The monoisotopic (exact) mass is 255 g/mol. The molecule has 0 atom stereocenters. The molecule has 1 fully saturated rings. The molecule has 1 heterocycles. The summed E-state index contributed by atoms with van der Waals surface area (Å²) < 4.78 is 10.7. The second-order valence-corrected chi connectivity index (χ2v) is 4.73. The fourth-order valence-electron chi connectivity index (χ4n) is 2.15. The van der Waals surface area contributed by atoms with Crippen molar-refractivity contribution in [2.24, 2.45) is 0 Å². The van der Waals surface area contributed by atoms with Crippen molar-refractivity contribution in [3.05, 3.63) is 28.3 Å². The minimum Gasteiger partial charge on any atom is -0.495 e. The third-order valence-corrected chi connectivity index (χ3v) is 3.25. The van der Waals surface area contributed by atoms with Gasteiger partial charge in [0.05, 0.1) is 25.3 Å². The molecule has 0 amide bonds. The summed E-state index contributed by atoms with van der Waals surface area (Å²) in [5.74, 6) is 0.795. The van der Waals surface area contributed by atoms with Crippen molar-refractivity contribution in [2.45, 2.75) is 13.5 Å². The van der Waals surface area contributed by atoms with Gasteiger partial charge in [0, 0.05) is 25.2 Å². The van der Waals surface area contributed by atoms with Gasteiger partial charge in [-0.2, -0.15) is 0 Å². The quantitative estimate of drug-likeness (QED) is 0.828. The first-order chi connectivity index (χ1) is 8.20. The number of rotatable bonds is 3. The van der Waals surface area contributed by atoms with Crippen molar-refractivity contribution in [3.8, 4) is 5.75 Å². The predicted octanol–water partition coefficient (Wildman–Crippen LogP) is 2.49. The Balaban J connectivity index is 2.18. The van der Waals surface area contributed by atoms with Crippen molar-refractivity contribution in [3.63, 3.8) is 0 Å². The van der Waals surface area contributed by atoms with Crippen LogP contribution >= 0.6 is 11.6 Å². The summed E-state index contributed by atoms with van der Waals surface area (Å²) in [5.41, 5.74) is 2.32. The van der Waals surface area contributed by atoms with Gasteiger partial charge in [0.1, 0.15) is 5.75 Å². The van der Waals surface area contributed by atoms with E-state index in [1.807, 2.05) is 13.0 Å². The zero-order valence-electron chi connectivity index (χ0n) is 10.3. The number of halogens is 1. The standard InChI is InChI=1S/C13H18ClNO2/c1-10-7-11(13(16-2)12(14)8-10)9-15-3-5-17-6-4-15/h7-8H,3-6,9H2,1-2H3. The average molecular weight is 256 g/mol. The molecule has 0 N–H and O–H groups in total. The molecule has 3 nitrogen and oxygen atoms in total. The third kappa shape index (κ3) is 3.12. The molecule has 0 radical (unpaired) electrons. The first kappa shape index (κ1) is 12.7. The number of aryl methyl sites for hydroxylation is 1. The smallest absolute Gasteiger partial charge is 0.141 e. The van der Waals surface area contributed by atoms with Crippen LogP contribution in [0.25, 0.3) is 0 Å². The summed E-state index contributed by atoms with van der Waals surface area (Å²) in [5, 5.41) is 0.691. The number of nitrogens with zero attached hydrogens (tertiary/aromatic N) is 1. The maximum atomic E-state index is 6.18. The zero-order chi connectivity index (χ0) is 12.3. The van der Waals surface area contributed by atoms with Crippen molar-refractivity contribution in [1.82, 2.24) is 4.90 Å². The second kappa shape index (κ2) is 5.71. The van der Waals surface area contributed by atoms with Crippen LogP contribution in [0, 0.1) is 6.92 Å². The van der Waals surface area contributed by atoms with E-state index in [-0.39, 0.29) is 0 Å². The Morgan fingerprint density at radius 1 is 1.35 bits per heavy atom. The highest BCUT2D eigenvalue weighted by molar-refractivity contribution is 6.32. The van der Waals surface area contributed by atoms with E-state index in [0.717, 1.165) is 44.2 Å². The molecule has 4 heteroatoms. The van der Waals surface area contributed by atoms with E-state index >= 15 is 0 Å². The molecule has 94 valence electrons. The Labute approximate surface area is 107 Å². The molecule has 1 aromatic rings. The van der Waals surface area contributed by atoms with Crippen molar-refractivity contribution in [1.29, 1.82) is 0 Å². The fourth-order valence-corrected chi connectivity index (χ4v) is 2.52. The molecule has 1 aliphatic heterocycles. The molecule has 0 bridgehead atoms. The first-order valence-corrected chi connectivity index (χ1v) is 6.21. The van der Waals surface area contributed by atoms with E-state index < -0.39 is 0 Å². The topological polar surface area (TPSA) is 21.7 Å². The van der Waals surface area contributed by atoms with E-state index in [2.05, 4.69) is 11.0 Å². The summed E-state index contributed by atoms with van der Waals surface area (Å²) in [6, 6.07) is 4.07. The summed E-state index contributed by atoms with van der Waals surface area (Å²) in [6.07, 6.45) is 0. The van der Waals surface area contributed by atoms with Gasteiger partial charge in [-0.15, -0.1) is 0 Å². The molecule has 0 unspecified atom stereocenters. The van der Waals surface area contributed by atoms with Crippen molar-refractivity contribution >= 4 is 11.6 Å². The maximum Gasteiger partial charge on any atom is 0.141 e. The molecule has 1 saturated heterocycles. The largest absolute Gasteiger partial charge is 0.495 e. The second-order valence-electron chi connectivity index (χ2n) is 4.33. The Kier molecular flexibility index (Phi) is 4.26. The van der Waals surface area contributed by atoms with E-state index in [1.165, 1.54) is 5.56 Å². The van der Waals surface area contributed by atoms with Gasteiger partial charge in [-0.05, 0) is 18.6 Å². The van der Waals surface area contributed by atoms with Crippen molar-refractivity contribution < 1.29 is 9.47 Å². The fraction of sp³-hybridized carbons (Fsp3) is 0.538. The lowest BCUT2D eigenvalue weighted by Crippen LogP contribution is -2.35. The SMILES string of the molecule is COc1c(Cl)cc(C)cc1CN1CCOCC1. The molecule has 0 saturated carbocycles. The third-order valence-electron chi connectivity index (χ3n) is 2.97. The van der Waals surface area contributed by atoms with Crippen LogP contribution in [0.3, 0.4) is 0 Å². The summed E-state index contributed by atoms with van der Waals surface area (Å²) >= 11 is 6.18. The Morgan fingerprint density at radius 2 is 2.06 bits per heavy atom. The highest BCUT2D eigenvalue weighted by Gasteiger charge is 2.15. The van der Waals surface area contributed by atoms with Crippen LogP contribution < -0.4 is 4.74 Å². The summed E-state index contributed by atoms with van der Waals surface area (Å²) in [7, 11) is 1.67. The summed E-state index contributed by atoms with van der Waals surface area (Å²) in [6.45, 7) is 6.47. The molecule has 17 heavy (non-hydrogen) atoms. The van der Waals surface area contributed by atoms with Crippen LogP contribution in [-0.2, 0) is 11.3 Å². The van der Waals surface area contributed by atoms with Crippen LogP contribution in [0.5, 0.6) is 5.75 Å². The lowest BCUT2D eigenvalue weighted by molar-refractivity contribution is 0.0339. The molecular formula is C13H18ClNO2. The lowest BCUT2D eigenvalue weighted by Gasteiger charge is -2.27. The van der Waals surface area contributed by atoms with Crippen molar-refractivity contribution in [2.75, 3.05) is 33.4 Å². The van der Waals surface area contributed by atoms with Gasteiger partial charge in [-0.3, -0.25) is 4.90 Å². The Bertz CT molecular complexity index is 389. The number of ether oxygens (including phenoxy) is 2. The number of benzene rings is 1. The van der Waals surface area contributed by atoms with Gasteiger partial charge in [-0.25, -0.2) is 0 Å². The van der Waals surface area contributed by atoms with E-state index in [4.69, 9.17) is 21.1 Å². The van der Waals surface area contributed by atoms with E-state index in [9.17, 15) is 0 Å². The number of hydrogen-bond acceptors (Lipinski definition) is 3. The average Bonchev–Trinajstić information content (AvgIpc) is 2.30. The van der Waals surface area contributed by atoms with Gasteiger partial charge in [-0.1, -0.05) is 17.7 Å². The number of methoxy groups -OCH3 is 1. The van der Waals surface area contributed by atoms with Crippen LogP contribution in [0.1, 0.15) is 11.1 Å². The van der Waals surface area contributed by atoms with Crippen LogP contribution in [0.2, 0.25) is 5.02 Å². The summed E-state index contributed by atoms with van der Waals surface area (Å²) in [4.78, 5) is 2.36. The molecular weight excluding hydrogens is 238 g/mol. The van der Waals surface area contributed by atoms with Crippen LogP contribution in [0.4, 0.5) is 0 Å². The first-order valence-electron chi connectivity index (χ1n) is 5.84. The van der Waals surface area contributed by atoms with Gasteiger partial charge >= 0.3 is 0 Å². The highest BCUT2D eigenvalue weighted by atomic mass is 35.5. The minimum absolute atomic E-state index is 0.691. The molecule has 0 spiro atoms. The number of morpholine rings is 1. The molecule has 1 aliphatic rings.